The van der Waals surface area contributed by atoms with Crippen molar-refractivity contribution in [2.45, 2.75) is 13.5 Å². The first-order valence-corrected chi connectivity index (χ1v) is 6.14. The van der Waals surface area contributed by atoms with Gasteiger partial charge < -0.3 is 10.1 Å². The molecule has 1 saturated heterocycles. The van der Waals surface area contributed by atoms with Gasteiger partial charge in [0.05, 0.1) is 18.9 Å². The lowest BCUT2D eigenvalue weighted by Gasteiger charge is -2.25. The summed E-state index contributed by atoms with van der Waals surface area (Å²) in [6.07, 6.45) is 0. The van der Waals surface area contributed by atoms with Gasteiger partial charge >= 0.3 is 0 Å². The Morgan fingerprint density at radius 2 is 2.38 bits per heavy atom. The molecule has 5 nitrogen and oxygen atoms in total. The highest BCUT2D eigenvalue weighted by molar-refractivity contribution is 7.13. The molecular formula is C10H15N3O2S. The van der Waals surface area contributed by atoms with Crippen molar-refractivity contribution in [1.29, 1.82) is 0 Å². The molecule has 0 unspecified atom stereocenters. The van der Waals surface area contributed by atoms with E-state index in [2.05, 4.69) is 15.2 Å². The Kier molecular flexibility index (Phi) is 3.87. The Morgan fingerprint density at radius 1 is 1.62 bits per heavy atom. The van der Waals surface area contributed by atoms with Crippen molar-refractivity contribution in [2.75, 3.05) is 31.6 Å². The second-order valence-electron chi connectivity index (χ2n) is 3.71. The van der Waals surface area contributed by atoms with Crippen molar-refractivity contribution in [3.8, 4) is 0 Å². The van der Waals surface area contributed by atoms with Crippen molar-refractivity contribution < 1.29 is 9.53 Å². The number of thiazole rings is 1. The lowest BCUT2D eigenvalue weighted by Crippen LogP contribution is -2.35. The SMILES string of the molecule is CC(=O)Nc1nc(CN2CCOCC2)cs1. The number of ether oxygens (including phenoxy) is 1. The van der Waals surface area contributed by atoms with E-state index in [4.69, 9.17) is 4.74 Å². The zero-order chi connectivity index (χ0) is 11.4. The Morgan fingerprint density at radius 3 is 3.06 bits per heavy atom. The zero-order valence-corrected chi connectivity index (χ0v) is 10.0. The molecular weight excluding hydrogens is 226 g/mol. The number of anilines is 1. The molecule has 0 radical (unpaired) electrons. The number of aromatic nitrogens is 1. The van der Waals surface area contributed by atoms with Gasteiger partial charge in [-0.05, 0) is 0 Å². The minimum atomic E-state index is -0.0766. The highest BCUT2D eigenvalue weighted by Crippen LogP contribution is 2.16. The Labute approximate surface area is 98.4 Å². The first-order chi connectivity index (χ1) is 7.74. The van der Waals surface area contributed by atoms with Gasteiger partial charge in [0.2, 0.25) is 5.91 Å². The van der Waals surface area contributed by atoms with Crippen LogP contribution >= 0.6 is 11.3 Å². The van der Waals surface area contributed by atoms with E-state index in [1.54, 1.807) is 0 Å². The van der Waals surface area contributed by atoms with Gasteiger partial charge in [0.15, 0.2) is 5.13 Å². The predicted octanol–water partition coefficient (Wildman–Crippen LogP) is 0.934. The van der Waals surface area contributed by atoms with Crippen LogP contribution in [0.2, 0.25) is 0 Å². The Hall–Kier alpha value is -0.980. The monoisotopic (exact) mass is 241 g/mol. The second-order valence-corrected chi connectivity index (χ2v) is 4.57. The molecule has 1 aliphatic rings. The van der Waals surface area contributed by atoms with Crippen LogP contribution in [0.5, 0.6) is 0 Å². The highest BCUT2D eigenvalue weighted by Gasteiger charge is 2.12. The van der Waals surface area contributed by atoms with E-state index in [-0.39, 0.29) is 5.91 Å². The van der Waals surface area contributed by atoms with E-state index in [9.17, 15) is 4.79 Å². The van der Waals surface area contributed by atoms with Gasteiger partial charge in [0, 0.05) is 31.9 Å². The summed E-state index contributed by atoms with van der Waals surface area (Å²) in [7, 11) is 0. The molecule has 2 rings (SSSR count). The van der Waals surface area contributed by atoms with Crippen LogP contribution < -0.4 is 5.32 Å². The number of carbonyl (C=O) groups excluding carboxylic acids is 1. The number of nitrogens with one attached hydrogen (secondary N) is 1. The molecule has 1 aromatic heterocycles. The lowest BCUT2D eigenvalue weighted by atomic mass is 10.4. The van der Waals surface area contributed by atoms with Gasteiger partial charge in [-0.2, -0.15) is 0 Å². The molecule has 1 aromatic rings. The topological polar surface area (TPSA) is 54.5 Å². The van der Waals surface area contributed by atoms with Gasteiger partial charge in [0.1, 0.15) is 0 Å². The molecule has 0 aliphatic carbocycles. The summed E-state index contributed by atoms with van der Waals surface area (Å²) < 4.78 is 5.28. The number of amides is 1. The quantitative estimate of drug-likeness (QED) is 0.855. The third kappa shape index (κ3) is 3.26. The molecule has 16 heavy (non-hydrogen) atoms. The van der Waals surface area contributed by atoms with Crippen molar-refractivity contribution in [2.24, 2.45) is 0 Å². The molecule has 0 bridgehead atoms. The van der Waals surface area contributed by atoms with Crippen molar-refractivity contribution in [3.63, 3.8) is 0 Å². The summed E-state index contributed by atoms with van der Waals surface area (Å²) in [4.78, 5) is 17.5. The van der Waals surface area contributed by atoms with Crippen LogP contribution in [-0.4, -0.2) is 42.1 Å². The fraction of sp³-hybridized carbons (Fsp3) is 0.600. The van der Waals surface area contributed by atoms with Crippen molar-refractivity contribution >= 4 is 22.4 Å². The predicted molar refractivity (Wildman–Crippen MR) is 62.5 cm³/mol. The second kappa shape index (κ2) is 5.38. The molecule has 0 aromatic carbocycles. The molecule has 1 fully saturated rings. The number of hydrogen-bond donors (Lipinski definition) is 1. The number of rotatable bonds is 3. The smallest absolute Gasteiger partial charge is 0.223 e. The van der Waals surface area contributed by atoms with Crippen LogP contribution in [0.25, 0.3) is 0 Å². The zero-order valence-electron chi connectivity index (χ0n) is 9.23. The van der Waals surface area contributed by atoms with Gasteiger partial charge in [0.25, 0.3) is 0 Å². The first kappa shape index (κ1) is 11.5. The third-order valence-electron chi connectivity index (χ3n) is 2.32. The largest absolute Gasteiger partial charge is 0.379 e. The molecule has 1 amide bonds. The molecule has 6 heteroatoms. The number of hydrogen-bond acceptors (Lipinski definition) is 5. The number of nitrogens with zero attached hydrogens (tertiary/aromatic N) is 2. The van der Waals surface area contributed by atoms with Crippen LogP contribution in [0, 0.1) is 0 Å². The summed E-state index contributed by atoms with van der Waals surface area (Å²) >= 11 is 1.47. The molecule has 88 valence electrons. The normalized spacial score (nSPS) is 17.3. The van der Waals surface area contributed by atoms with Gasteiger partial charge in [-0.25, -0.2) is 4.98 Å². The summed E-state index contributed by atoms with van der Waals surface area (Å²) in [5.74, 6) is -0.0766. The molecule has 1 N–H and O–H groups in total. The van der Waals surface area contributed by atoms with Gasteiger partial charge in [-0.3, -0.25) is 9.69 Å². The van der Waals surface area contributed by atoms with Gasteiger partial charge in [-0.1, -0.05) is 0 Å². The van der Waals surface area contributed by atoms with Crippen LogP contribution in [-0.2, 0) is 16.1 Å². The summed E-state index contributed by atoms with van der Waals surface area (Å²) in [5.41, 5.74) is 1.01. The molecule has 1 aliphatic heterocycles. The summed E-state index contributed by atoms with van der Waals surface area (Å²) in [6, 6.07) is 0. The molecule has 2 heterocycles. The van der Waals surface area contributed by atoms with E-state index in [1.165, 1.54) is 18.3 Å². The Balaban J connectivity index is 1.88. The van der Waals surface area contributed by atoms with E-state index in [1.807, 2.05) is 5.38 Å². The van der Waals surface area contributed by atoms with Gasteiger partial charge in [-0.15, -0.1) is 11.3 Å². The average molecular weight is 241 g/mol. The number of carbonyl (C=O) groups is 1. The highest BCUT2D eigenvalue weighted by atomic mass is 32.1. The number of morpholine rings is 1. The Bertz CT molecular complexity index is 361. The first-order valence-electron chi connectivity index (χ1n) is 5.26. The van der Waals surface area contributed by atoms with E-state index in [0.717, 1.165) is 38.5 Å². The molecule has 0 saturated carbocycles. The van der Waals surface area contributed by atoms with Crippen molar-refractivity contribution in [1.82, 2.24) is 9.88 Å². The maximum Gasteiger partial charge on any atom is 0.223 e. The fourth-order valence-electron chi connectivity index (χ4n) is 1.58. The average Bonchev–Trinajstić information content (AvgIpc) is 2.66. The maximum absolute atomic E-state index is 10.8. The lowest BCUT2D eigenvalue weighted by molar-refractivity contribution is -0.114. The van der Waals surface area contributed by atoms with Crippen LogP contribution in [0.3, 0.4) is 0 Å². The summed E-state index contributed by atoms with van der Waals surface area (Å²) in [5, 5.41) is 5.35. The standard InChI is InChI=1S/C10H15N3O2S/c1-8(14)11-10-12-9(7-16-10)6-13-2-4-15-5-3-13/h7H,2-6H2,1H3,(H,11,12,14). The van der Waals surface area contributed by atoms with E-state index in [0.29, 0.717) is 5.13 Å². The minimum Gasteiger partial charge on any atom is -0.379 e. The van der Waals surface area contributed by atoms with Crippen molar-refractivity contribution in [3.05, 3.63) is 11.1 Å². The van der Waals surface area contributed by atoms with Crippen LogP contribution in [0.4, 0.5) is 5.13 Å². The molecule has 0 spiro atoms. The minimum absolute atomic E-state index is 0.0766. The van der Waals surface area contributed by atoms with Crippen LogP contribution in [0.1, 0.15) is 12.6 Å². The maximum atomic E-state index is 10.8. The van der Waals surface area contributed by atoms with Crippen LogP contribution in [0.15, 0.2) is 5.38 Å². The molecule has 0 atom stereocenters. The summed E-state index contributed by atoms with van der Waals surface area (Å²) in [6.45, 7) is 5.81. The third-order valence-corrected chi connectivity index (χ3v) is 3.13. The fourth-order valence-corrected chi connectivity index (χ4v) is 2.32. The van der Waals surface area contributed by atoms with E-state index < -0.39 is 0 Å². The van der Waals surface area contributed by atoms with E-state index >= 15 is 0 Å².